The number of nitrogens with two attached hydrogens (primary N) is 1. The number of likely N-dealkylation sites (tertiary alicyclic amines) is 1. The molecule has 0 bridgehead atoms. The van der Waals surface area contributed by atoms with Crippen molar-refractivity contribution in [3.8, 4) is 0 Å². The molecule has 2 heterocycles. The third kappa shape index (κ3) is 5.68. The van der Waals surface area contributed by atoms with E-state index in [0.717, 1.165) is 19.5 Å². The molecule has 0 unspecified atom stereocenters. The lowest BCUT2D eigenvalue weighted by molar-refractivity contribution is 0.211. The van der Waals surface area contributed by atoms with E-state index in [0.29, 0.717) is 6.04 Å². The fraction of sp³-hybridized carbons (Fsp3) is 0.583. The molecule has 98 valence electrons. The van der Waals surface area contributed by atoms with E-state index in [4.69, 9.17) is 5.73 Å². The summed E-state index contributed by atoms with van der Waals surface area (Å²) in [6.45, 7) is 3.37. The number of piperidine rings is 1. The third-order valence-corrected chi connectivity index (χ3v) is 2.98. The lowest BCUT2D eigenvalue weighted by atomic mass is 10.1. The number of hydrogen-bond acceptors (Lipinski definition) is 3. The van der Waals surface area contributed by atoms with Crippen LogP contribution in [0.2, 0.25) is 0 Å². The molecular formula is C12H21Cl2N3. The maximum Gasteiger partial charge on any atom is 0.0300 e. The molecule has 5 heteroatoms. The van der Waals surface area contributed by atoms with E-state index in [-0.39, 0.29) is 24.8 Å². The van der Waals surface area contributed by atoms with E-state index in [1.165, 1.54) is 24.9 Å². The van der Waals surface area contributed by atoms with Crippen LogP contribution in [0, 0.1) is 0 Å². The molecule has 0 amide bonds. The normalized spacial score (nSPS) is 20.2. The van der Waals surface area contributed by atoms with Crippen LogP contribution in [-0.2, 0) is 6.42 Å². The first-order valence-corrected chi connectivity index (χ1v) is 5.71. The Labute approximate surface area is 116 Å². The van der Waals surface area contributed by atoms with Gasteiger partial charge in [-0.1, -0.05) is 6.07 Å². The maximum absolute atomic E-state index is 5.94. The van der Waals surface area contributed by atoms with E-state index >= 15 is 0 Å². The average Bonchev–Trinajstić information content (AvgIpc) is 2.28. The first kappa shape index (κ1) is 16.6. The zero-order valence-electron chi connectivity index (χ0n) is 9.92. The topological polar surface area (TPSA) is 42.1 Å². The van der Waals surface area contributed by atoms with Crippen LogP contribution in [0.5, 0.6) is 0 Å². The van der Waals surface area contributed by atoms with Gasteiger partial charge in [0.25, 0.3) is 0 Å². The molecule has 0 saturated carbocycles. The molecule has 2 N–H and O–H groups in total. The van der Waals surface area contributed by atoms with Crippen molar-refractivity contribution < 1.29 is 0 Å². The summed E-state index contributed by atoms with van der Waals surface area (Å²) in [5.74, 6) is 0. The highest BCUT2D eigenvalue weighted by Gasteiger charge is 2.15. The minimum Gasteiger partial charge on any atom is -0.327 e. The Hall–Kier alpha value is -0.350. The number of nitrogens with zero attached hydrogens (tertiary/aromatic N) is 2. The van der Waals surface area contributed by atoms with Gasteiger partial charge in [0, 0.05) is 31.5 Å². The summed E-state index contributed by atoms with van der Waals surface area (Å²) in [6.07, 6.45) is 7.28. The summed E-state index contributed by atoms with van der Waals surface area (Å²) in [5, 5.41) is 0. The Bertz CT molecular complexity index is 295. The Balaban J connectivity index is 0.00000128. The van der Waals surface area contributed by atoms with Crippen LogP contribution in [0.1, 0.15) is 18.4 Å². The van der Waals surface area contributed by atoms with Gasteiger partial charge < -0.3 is 10.6 Å². The maximum atomic E-state index is 5.94. The van der Waals surface area contributed by atoms with Gasteiger partial charge in [-0.3, -0.25) is 4.98 Å². The second kappa shape index (κ2) is 8.70. The highest BCUT2D eigenvalue weighted by Crippen LogP contribution is 2.09. The summed E-state index contributed by atoms with van der Waals surface area (Å²) >= 11 is 0. The van der Waals surface area contributed by atoms with Gasteiger partial charge in [0.2, 0.25) is 0 Å². The zero-order valence-corrected chi connectivity index (χ0v) is 11.6. The van der Waals surface area contributed by atoms with E-state index in [9.17, 15) is 0 Å². The Kier molecular flexibility index (Phi) is 8.52. The molecule has 17 heavy (non-hydrogen) atoms. The molecular weight excluding hydrogens is 257 g/mol. The predicted octanol–water partition coefficient (Wildman–Crippen LogP) is 1.89. The van der Waals surface area contributed by atoms with Crippen molar-refractivity contribution in [3.63, 3.8) is 0 Å². The van der Waals surface area contributed by atoms with Gasteiger partial charge in [0.15, 0.2) is 0 Å². The second-order valence-electron chi connectivity index (χ2n) is 4.31. The summed E-state index contributed by atoms with van der Waals surface area (Å²) < 4.78 is 0. The monoisotopic (exact) mass is 277 g/mol. The van der Waals surface area contributed by atoms with Crippen molar-refractivity contribution in [2.45, 2.75) is 25.3 Å². The van der Waals surface area contributed by atoms with Gasteiger partial charge in [-0.2, -0.15) is 0 Å². The van der Waals surface area contributed by atoms with Crippen LogP contribution in [0.3, 0.4) is 0 Å². The standard InChI is InChI=1S/C12H19N3.2ClH/c13-12-4-2-7-15(10-12)8-5-11-3-1-6-14-9-11;;/h1,3,6,9,12H,2,4-5,7-8,10,13H2;2*1H/t12-;;/m1../s1. The molecule has 1 aliphatic heterocycles. The van der Waals surface area contributed by atoms with Gasteiger partial charge in [-0.25, -0.2) is 0 Å². The van der Waals surface area contributed by atoms with Crippen molar-refractivity contribution >= 4 is 24.8 Å². The van der Waals surface area contributed by atoms with Crippen LogP contribution >= 0.6 is 24.8 Å². The van der Waals surface area contributed by atoms with Gasteiger partial charge in [0.05, 0.1) is 0 Å². The number of aromatic nitrogens is 1. The highest BCUT2D eigenvalue weighted by molar-refractivity contribution is 5.85. The Morgan fingerprint density at radius 3 is 2.88 bits per heavy atom. The number of hydrogen-bond donors (Lipinski definition) is 1. The first-order chi connectivity index (χ1) is 7.34. The van der Waals surface area contributed by atoms with E-state index in [1.54, 1.807) is 0 Å². The van der Waals surface area contributed by atoms with Crippen molar-refractivity contribution in [1.29, 1.82) is 0 Å². The largest absolute Gasteiger partial charge is 0.327 e. The Morgan fingerprint density at radius 1 is 1.41 bits per heavy atom. The van der Waals surface area contributed by atoms with Crippen molar-refractivity contribution in [3.05, 3.63) is 30.1 Å². The zero-order chi connectivity index (χ0) is 10.5. The van der Waals surface area contributed by atoms with Gasteiger partial charge in [-0.15, -0.1) is 24.8 Å². The molecule has 3 nitrogen and oxygen atoms in total. The number of pyridine rings is 1. The molecule has 0 aliphatic carbocycles. The Morgan fingerprint density at radius 2 is 2.24 bits per heavy atom. The summed E-state index contributed by atoms with van der Waals surface area (Å²) in [7, 11) is 0. The molecule has 2 rings (SSSR count). The molecule has 1 fully saturated rings. The highest BCUT2D eigenvalue weighted by atomic mass is 35.5. The SMILES string of the molecule is Cl.Cl.N[C@@H]1CCCN(CCc2cccnc2)C1. The van der Waals surface area contributed by atoms with Crippen LogP contribution in [0.15, 0.2) is 24.5 Å². The quantitative estimate of drug-likeness (QED) is 0.918. The minimum atomic E-state index is 0. The first-order valence-electron chi connectivity index (χ1n) is 5.71. The van der Waals surface area contributed by atoms with E-state index in [2.05, 4.69) is 16.0 Å². The van der Waals surface area contributed by atoms with Crippen LogP contribution in [0.25, 0.3) is 0 Å². The number of halogens is 2. The average molecular weight is 278 g/mol. The molecule has 1 aliphatic rings. The lowest BCUT2D eigenvalue weighted by Gasteiger charge is -2.30. The minimum absolute atomic E-state index is 0. The van der Waals surface area contributed by atoms with Crippen molar-refractivity contribution in [1.82, 2.24) is 9.88 Å². The van der Waals surface area contributed by atoms with E-state index < -0.39 is 0 Å². The van der Waals surface area contributed by atoms with Crippen LogP contribution in [0.4, 0.5) is 0 Å². The number of rotatable bonds is 3. The predicted molar refractivity (Wildman–Crippen MR) is 76.1 cm³/mol. The van der Waals surface area contributed by atoms with E-state index in [1.807, 2.05) is 18.5 Å². The third-order valence-electron chi connectivity index (χ3n) is 2.98. The van der Waals surface area contributed by atoms with Gasteiger partial charge in [0.1, 0.15) is 0 Å². The van der Waals surface area contributed by atoms with Crippen LogP contribution < -0.4 is 5.73 Å². The van der Waals surface area contributed by atoms with Crippen LogP contribution in [-0.4, -0.2) is 35.6 Å². The van der Waals surface area contributed by atoms with Gasteiger partial charge in [-0.05, 0) is 37.4 Å². The van der Waals surface area contributed by atoms with Crippen molar-refractivity contribution in [2.75, 3.05) is 19.6 Å². The molecule has 0 radical (unpaired) electrons. The fourth-order valence-electron chi connectivity index (χ4n) is 2.13. The smallest absolute Gasteiger partial charge is 0.0300 e. The molecule has 1 atom stereocenters. The molecule has 1 aromatic rings. The molecule has 0 spiro atoms. The molecule has 1 aromatic heterocycles. The second-order valence-corrected chi connectivity index (χ2v) is 4.31. The summed E-state index contributed by atoms with van der Waals surface area (Å²) in [6, 6.07) is 4.52. The summed E-state index contributed by atoms with van der Waals surface area (Å²) in [5.41, 5.74) is 7.26. The molecule has 0 aromatic carbocycles. The summed E-state index contributed by atoms with van der Waals surface area (Å²) in [4.78, 5) is 6.58. The lowest BCUT2D eigenvalue weighted by Crippen LogP contribution is -2.43. The fourth-order valence-corrected chi connectivity index (χ4v) is 2.13. The van der Waals surface area contributed by atoms with Crippen molar-refractivity contribution in [2.24, 2.45) is 5.73 Å². The van der Waals surface area contributed by atoms with Gasteiger partial charge >= 0.3 is 0 Å². The molecule has 1 saturated heterocycles.